The van der Waals surface area contributed by atoms with Crippen LogP contribution in [0.15, 0.2) is 42.0 Å². The van der Waals surface area contributed by atoms with Crippen LogP contribution in [0.3, 0.4) is 0 Å². The van der Waals surface area contributed by atoms with Crippen molar-refractivity contribution in [3.05, 3.63) is 47.6 Å². The molecule has 0 aromatic heterocycles. The normalized spacial score (nSPS) is 39.7. The number of hydrogen-bond acceptors (Lipinski definition) is 11. The van der Waals surface area contributed by atoms with Crippen molar-refractivity contribution in [1.29, 1.82) is 0 Å². The van der Waals surface area contributed by atoms with E-state index in [0.717, 1.165) is 5.57 Å². The maximum Gasteiger partial charge on any atom is 0.331 e. The number of phenols is 1. The molecule has 228 valence electrons. The van der Waals surface area contributed by atoms with E-state index in [2.05, 4.69) is 0 Å². The van der Waals surface area contributed by atoms with Gasteiger partial charge in [0.25, 0.3) is 0 Å². The van der Waals surface area contributed by atoms with Gasteiger partial charge in [0.1, 0.15) is 36.3 Å². The maximum atomic E-state index is 13.0. The molecule has 0 spiro atoms. The number of benzene rings is 1. The highest BCUT2D eigenvalue weighted by Gasteiger charge is 2.62. The number of carbonyl (C=O) groups excluding carboxylic acids is 1. The molecule has 11 heteroatoms. The lowest BCUT2D eigenvalue weighted by atomic mass is 9.52. The van der Waals surface area contributed by atoms with Gasteiger partial charge in [0.2, 0.25) is 0 Å². The Morgan fingerprint density at radius 1 is 1.12 bits per heavy atom. The number of rotatable bonds is 7. The van der Waals surface area contributed by atoms with Crippen LogP contribution in [-0.4, -0.2) is 103 Å². The van der Waals surface area contributed by atoms with Gasteiger partial charge in [-0.3, -0.25) is 0 Å². The van der Waals surface area contributed by atoms with Crippen molar-refractivity contribution in [1.82, 2.24) is 0 Å². The van der Waals surface area contributed by atoms with Crippen molar-refractivity contribution in [2.75, 3.05) is 6.61 Å². The highest BCUT2D eigenvalue weighted by Crippen LogP contribution is 2.56. The van der Waals surface area contributed by atoms with Gasteiger partial charge in [-0.15, -0.1) is 0 Å². The Kier molecular flexibility index (Phi) is 9.32. The molecule has 11 atom stereocenters. The van der Waals surface area contributed by atoms with E-state index < -0.39 is 84.4 Å². The average molecular weight is 579 g/mol. The molecule has 1 saturated carbocycles. The van der Waals surface area contributed by atoms with Gasteiger partial charge in [-0.25, -0.2) is 4.79 Å². The number of phenolic OH excluding ortho intramolecular Hbond substituents is 1. The van der Waals surface area contributed by atoms with Gasteiger partial charge in [0, 0.05) is 23.3 Å². The predicted octanol–water partition coefficient (Wildman–Crippen LogP) is 0.627. The summed E-state index contributed by atoms with van der Waals surface area (Å²) in [6.07, 6.45) is -5.10. The topological polar surface area (TPSA) is 186 Å². The Morgan fingerprint density at radius 3 is 2.39 bits per heavy atom. The van der Waals surface area contributed by atoms with Crippen LogP contribution < -0.4 is 0 Å². The Balaban J connectivity index is 1.66. The number of ether oxygens (including phenoxy) is 3. The number of fused-ring (bicyclic) bond motifs is 1. The second-order valence-corrected chi connectivity index (χ2v) is 12.2. The van der Waals surface area contributed by atoms with Gasteiger partial charge in [-0.05, 0) is 57.4 Å². The smallest absolute Gasteiger partial charge is 0.331 e. The summed E-state index contributed by atoms with van der Waals surface area (Å²) in [7, 11) is 0. The minimum atomic E-state index is -1.65. The quantitative estimate of drug-likeness (QED) is 0.137. The predicted molar refractivity (Wildman–Crippen MR) is 146 cm³/mol. The van der Waals surface area contributed by atoms with Crippen LogP contribution in [-0.2, 0) is 19.0 Å². The first kappa shape index (κ1) is 31.6. The summed E-state index contributed by atoms with van der Waals surface area (Å²) in [5, 5.41) is 73.0. The molecule has 1 heterocycles. The fourth-order valence-corrected chi connectivity index (χ4v) is 6.56. The van der Waals surface area contributed by atoms with Gasteiger partial charge in [0.05, 0.1) is 24.4 Å². The second-order valence-electron chi connectivity index (χ2n) is 12.2. The van der Waals surface area contributed by atoms with E-state index in [1.807, 2.05) is 13.0 Å². The first-order valence-corrected chi connectivity index (χ1v) is 13.9. The number of esters is 1. The number of carbonyl (C=O) groups is 1. The largest absolute Gasteiger partial charge is 0.508 e. The molecule has 1 aliphatic heterocycles. The minimum absolute atomic E-state index is 0.0961. The molecule has 1 aromatic rings. The lowest BCUT2D eigenvalue weighted by molar-refractivity contribution is -0.334. The minimum Gasteiger partial charge on any atom is -0.508 e. The number of aromatic hydroxyl groups is 1. The first-order valence-electron chi connectivity index (χ1n) is 13.9. The molecule has 11 nitrogen and oxygen atoms in total. The number of hydrogen-bond donors (Lipinski definition) is 7. The summed E-state index contributed by atoms with van der Waals surface area (Å²) < 4.78 is 17.9. The fourth-order valence-electron chi connectivity index (χ4n) is 6.56. The summed E-state index contributed by atoms with van der Waals surface area (Å²) in [4.78, 5) is 13.0. The summed E-state index contributed by atoms with van der Waals surface area (Å²) in [5.41, 5.74) is -0.954. The maximum absolute atomic E-state index is 13.0. The van der Waals surface area contributed by atoms with E-state index in [9.17, 15) is 40.5 Å². The Hall–Kier alpha value is -2.35. The zero-order chi connectivity index (χ0) is 30.3. The Labute approximate surface area is 239 Å². The van der Waals surface area contributed by atoms with E-state index in [0.29, 0.717) is 12.0 Å². The molecule has 0 amide bonds. The van der Waals surface area contributed by atoms with Crippen LogP contribution in [0.4, 0.5) is 0 Å². The molecule has 4 rings (SSSR count). The highest BCUT2D eigenvalue weighted by atomic mass is 16.7. The molecule has 1 saturated heterocycles. The van der Waals surface area contributed by atoms with Crippen molar-refractivity contribution in [2.45, 2.75) is 95.2 Å². The number of aliphatic hydroxyl groups is 6. The van der Waals surface area contributed by atoms with Crippen LogP contribution >= 0.6 is 0 Å². The van der Waals surface area contributed by atoms with E-state index in [1.165, 1.54) is 18.2 Å². The average Bonchev–Trinajstić information content (AvgIpc) is 2.91. The monoisotopic (exact) mass is 578 g/mol. The van der Waals surface area contributed by atoms with Crippen LogP contribution in [0.1, 0.15) is 46.1 Å². The fraction of sp³-hybridized carbons (Fsp3) is 0.633. The lowest BCUT2D eigenvalue weighted by Gasteiger charge is -2.59. The molecule has 3 aliphatic rings. The molecule has 0 unspecified atom stereocenters. The van der Waals surface area contributed by atoms with Gasteiger partial charge in [0.15, 0.2) is 6.29 Å². The molecule has 0 radical (unpaired) electrons. The van der Waals surface area contributed by atoms with Gasteiger partial charge in [-0.2, -0.15) is 0 Å². The zero-order valence-corrected chi connectivity index (χ0v) is 23.7. The molecule has 0 bridgehead atoms. The molecule has 7 N–H and O–H groups in total. The molecular weight excluding hydrogens is 536 g/mol. The van der Waals surface area contributed by atoms with Crippen molar-refractivity contribution in [2.24, 2.45) is 17.3 Å². The van der Waals surface area contributed by atoms with Crippen molar-refractivity contribution in [3.8, 4) is 5.75 Å². The molecule has 2 aliphatic carbocycles. The third kappa shape index (κ3) is 6.23. The van der Waals surface area contributed by atoms with Crippen LogP contribution in [0, 0.1) is 17.3 Å². The summed E-state index contributed by atoms with van der Waals surface area (Å²) >= 11 is 0. The SMILES string of the molecule is CC1=CC[C@H](O)[C@@]2(C)[C@H]1[C@H](O[C@@H]1O[C@H](CO)[C@@H](O)[C@H](O)[C@H]1O)[C@H](C(C)(C)O)C[C@H]2OC(=O)/C=C/c1ccc(O)cc1. The highest BCUT2D eigenvalue weighted by molar-refractivity contribution is 5.87. The van der Waals surface area contributed by atoms with Gasteiger partial charge >= 0.3 is 5.97 Å². The molecular formula is C30H42O11. The lowest BCUT2D eigenvalue weighted by Crippen LogP contribution is -2.66. The molecule has 1 aromatic carbocycles. The zero-order valence-electron chi connectivity index (χ0n) is 23.7. The standard InChI is InChI=1S/C30H42O11/c1-15-5-11-20(33)30(4)21(40-22(34)12-8-16-6-9-17(32)10-7-16)13-18(29(2,3)38)27(23(15)30)41-28-26(37)25(36)24(35)19(14-31)39-28/h5-10,12,18-21,23-28,31-33,35-38H,11,13-14H2,1-4H3/b12-8+/t18-,19-,20+,21-,23-,24-,25+,26-,27-,28+,30-/m1/s1. The molecule has 41 heavy (non-hydrogen) atoms. The summed E-state index contributed by atoms with van der Waals surface area (Å²) in [6, 6.07) is 6.27. The summed E-state index contributed by atoms with van der Waals surface area (Å²) in [5.74, 6) is -1.85. The van der Waals surface area contributed by atoms with Gasteiger partial charge < -0.3 is 50.0 Å². The van der Waals surface area contributed by atoms with E-state index >= 15 is 0 Å². The van der Waals surface area contributed by atoms with Crippen LogP contribution in [0.25, 0.3) is 6.08 Å². The Bertz CT molecular complexity index is 1120. The Morgan fingerprint density at radius 2 is 1.78 bits per heavy atom. The summed E-state index contributed by atoms with van der Waals surface area (Å²) in [6.45, 7) is 6.20. The van der Waals surface area contributed by atoms with Gasteiger partial charge in [-0.1, -0.05) is 30.7 Å². The third-order valence-corrected chi connectivity index (χ3v) is 9.04. The van der Waals surface area contributed by atoms with E-state index in [4.69, 9.17) is 14.2 Å². The first-order chi connectivity index (χ1) is 19.2. The molecule has 2 fully saturated rings. The van der Waals surface area contributed by atoms with Crippen LogP contribution in [0.2, 0.25) is 0 Å². The second kappa shape index (κ2) is 12.1. The van der Waals surface area contributed by atoms with Crippen molar-refractivity contribution >= 4 is 12.0 Å². The van der Waals surface area contributed by atoms with E-state index in [1.54, 1.807) is 39.0 Å². The van der Waals surface area contributed by atoms with Crippen LogP contribution in [0.5, 0.6) is 5.75 Å². The van der Waals surface area contributed by atoms with E-state index in [-0.39, 0.29) is 12.2 Å². The van der Waals surface area contributed by atoms with Crippen molar-refractivity contribution in [3.63, 3.8) is 0 Å². The van der Waals surface area contributed by atoms with Crippen molar-refractivity contribution < 1.29 is 54.8 Å². The third-order valence-electron chi connectivity index (χ3n) is 9.04. The number of aliphatic hydroxyl groups excluding tert-OH is 5.